The molecule has 0 bridgehead atoms. The van der Waals surface area contributed by atoms with Crippen LogP contribution in [-0.2, 0) is 0 Å². The average Bonchev–Trinajstić information content (AvgIpc) is 2.35. The van der Waals surface area contributed by atoms with Crippen molar-refractivity contribution in [2.75, 3.05) is 13.2 Å². The predicted octanol–water partition coefficient (Wildman–Crippen LogP) is 4.16. The minimum absolute atomic E-state index is 0.326. The molecule has 96 valence electrons. The van der Waals surface area contributed by atoms with Gasteiger partial charge in [-0.2, -0.15) is 0 Å². The molecule has 0 saturated carbocycles. The number of halogens is 1. The summed E-state index contributed by atoms with van der Waals surface area (Å²) in [6.45, 7) is 1.12. The van der Waals surface area contributed by atoms with Crippen molar-refractivity contribution in [3.05, 3.63) is 28.7 Å². The summed E-state index contributed by atoms with van der Waals surface area (Å²) in [5.41, 5.74) is 0. The Morgan fingerprint density at radius 3 is 2.12 bits per heavy atom. The zero-order valence-corrected chi connectivity index (χ0v) is 11.8. The maximum atomic E-state index is 8.63. The first-order chi connectivity index (χ1) is 8.33. The Labute approximate surface area is 112 Å². The molecule has 1 aromatic rings. The van der Waals surface area contributed by atoms with E-state index in [2.05, 4.69) is 15.9 Å². The van der Waals surface area contributed by atoms with Crippen molar-refractivity contribution in [3.8, 4) is 5.75 Å². The summed E-state index contributed by atoms with van der Waals surface area (Å²) in [7, 11) is 0. The van der Waals surface area contributed by atoms with Crippen molar-refractivity contribution in [1.82, 2.24) is 0 Å². The van der Waals surface area contributed by atoms with E-state index in [0.29, 0.717) is 6.61 Å². The summed E-state index contributed by atoms with van der Waals surface area (Å²) in [6.07, 6.45) is 6.86. The summed E-state index contributed by atoms with van der Waals surface area (Å²) in [5.74, 6) is 0.938. The monoisotopic (exact) mass is 300 g/mol. The highest BCUT2D eigenvalue weighted by molar-refractivity contribution is 9.10. The van der Waals surface area contributed by atoms with E-state index in [4.69, 9.17) is 9.84 Å². The van der Waals surface area contributed by atoms with Crippen molar-refractivity contribution in [2.45, 2.75) is 38.5 Å². The molecule has 0 radical (unpaired) electrons. The smallest absolute Gasteiger partial charge is 0.119 e. The number of hydrogen-bond acceptors (Lipinski definition) is 2. The molecule has 0 spiro atoms. The zero-order chi connectivity index (χ0) is 12.3. The van der Waals surface area contributed by atoms with Crippen LogP contribution in [-0.4, -0.2) is 18.3 Å². The van der Waals surface area contributed by atoms with Crippen LogP contribution in [0.1, 0.15) is 38.5 Å². The number of aliphatic hydroxyl groups is 1. The standard InChI is InChI=1S/C14H21BrO2/c15-13-7-9-14(10-8-13)17-12-6-4-2-1-3-5-11-16/h7-10,16H,1-6,11-12H2. The largest absolute Gasteiger partial charge is 0.494 e. The summed E-state index contributed by atoms with van der Waals surface area (Å²) in [5, 5.41) is 8.63. The first kappa shape index (κ1) is 14.5. The molecule has 0 aliphatic rings. The fourth-order valence-electron chi connectivity index (χ4n) is 1.64. The van der Waals surface area contributed by atoms with E-state index in [9.17, 15) is 0 Å². The van der Waals surface area contributed by atoms with Gasteiger partial charge in [-0.05, 0) is 37.1 Å². The number of ether oxygens (including phenoxy) is 1. The number of aliphatic hydroxyl groups excluding tert-OH is 1. The fraction of sp³-hybridized carbons (Fsp3) is 0.571. The Kier molecular flexibility index (Phi) is 8.10. The quantitative estimate of drug-likeness (QED) is 0.694. The molecule has 0 aliphatic carbocycles. The van der Waals surface area contributed by atoms with Gasteiger partial charge in [0.05, 0.1) is 6.61 Å². The molecular weight excluding hydrogens is 280 g/mol. The van der Waals surface area contributed by atoms with E-state index in [1.165, 1.54) is 19.3 Å². The van der Waals surface area contributed by atoms with E-state index < -0.39 is 0 Å². The molecule has 1 N–H and O–H groups in total. The predicted molar refractivity (Wildman–Crippen MR) is 74.4 cm³/mol. The highest BCUT2D eigenvalue weighted by Gasteiger charge is 1.94. The van der Waals surface area contributed by atoms with Crippen LogP contribution in [0.3, 0.4) is 0 Å². The van der Waals surface area contributed by atoms with E-state index in [1.54, 1.807) is 0 Å². The Balaban J connectivity index is 1.95. The molecule has 0 aromatic heterocycles. The third-order valence-corrected chi connectivity index (χ3v) is 3.16. The van der Waals surface area contributed by atoms with Crippen LogP contribution in [0.15, 0.2) is 28.7 Å². The van der Waals surface area contributed by atoms with Gasteiger partial charge in [-0.15, -0.1) is 0 Å². The van der Waals surface area contributed by atoms with Crippen molar-refractivity contribution in [1.29, 1.82) is 0 Å². The normalized spacial score (nSPS) is 10.5. The Hall–Kier alpha value is -0.540. The maximum Gasteiger partial charge on any atom is 0.119 e. The van der Waals surface area contributed by atoms with Gasteiger partial charge in [-0.1, -0.05) is 41.6 Å². The van der Waals surface area contributed by atoms with Crippen molar-refractivity contribution < 1.29 is 9.84 Å². The summed E-state index contributed by atoms with van der Waals surface area (Å²) >= 11 is 3.40. The number of benzene rings is 1. The molecule has 3 heteroatoms. The molecule has 2 nitrogen and oxygen atoms in total. The van der Waals surface area contributed by atoms with Gasteiger partial charge >= 0.3 is 0 Å². The molecule has 0 heterocycles. The first-order valence-corrected chi connectivity index (χ1v) is 7.11. The summed E-state index contributed by atoms with van der Waals surface area (Å²) in [4.78, 5) is 0. The molecular formula is C14H21BrO2. The zero-order valence-electron chi connectivity index (χ0n) is 10.2. The molecule has 0 atom stereocenters. The highest BCUT2D eigenvalue weighted by atomic mass is 79.9. The van der Waals surface area contributed by atoms with E-state index in [1.807, 2.05) is 24.3 Å². The third-order valence-electron chi connectivity index (χ3n) is 2.63. The lowest BCUT2D eigenvalue weighted by Crippen LogP contribution is -1.97. The van der Waals surface area contributed by atoms with Crippen LogP contribution in [0, 0.1) is 0 Å². The van der Waals surface area contributed by atoms with Crippen molar-refractivity contribution in [3.63, 3.8) is 0 Å². The van der Waals surface area contributed by atoms with Crippen LogP contribution in [0.2, 0.25) is 0 Å². The average molecular weight is 301 g/mol. The lowest BCUT2D eigenvalue weighted by atomic mass is 10.1. The summed E-state index contributed by atoms with van der Waals surface area (Å²) in [6, 6.07) is 7.94. The molecule has 0 amide bonds. The van der Waals surface area contributed by atoms with Gasteiger partial charge in [0.1, 0.15) is 5.75 Å². The van der Waals surface area contributed by atoms with Gasteiger partial charge in [-0.3, -0.25) is 0 Å². The Morgan fingerprint density at radius 2 is 1.47 bits per heavy atom. The molecule has 0 unspecified atom stereocenters. The second-order valence-corrected chi connectivity index (χ2v) is 5.06. The molecule has 1 aromatic carbocycles. The minimum atomic E-state index is 0.326. The molecule has 0 fully saturated rings. The van der Waals surface area contributed by atoms with E-state index in [0.717, 1.165) is 36.1 Å². The van der Waals surface area contributed by atoms with Gasteiger partial charge in [0.15, 0.2) is 0 Å². The summed E-state index contributed by atoms with van der Waals surface area (Å²) < 4.78 is 6.71. The van der Waals surface area contributed by atoms with E-state index >= 15 is 0 Å². The van der Waals surface area contributed by atoms with Crippen LogP contribution in [0.4, 0.5) is 0 Å². The molecule has 0 saturated heterocycles. The van der Waals surface area contributed by atoms with Crippen molar-refractivity contribution >= 4 is 15.9 Å². The van der Waals surface area contributed by atoms with Gasteiger partial charge < -0.3 is 9.84 Å². The van der Waals surface area contributed by atoms with Gasteiger partial charge in [0.25, 0.3) is 0 Å². The van der Waals surface area contributed by atoms with Gasteiger partial charge in [0.2, 0.25) is 0 Å². The number of unbranched alkanes of at least 4 members (excludes halogenated alkanes) is 5. The molecule has 0 aliphatic heterocycles. The Morgan fingerprint density at radius 1 is 0.882 bits per heavy atom. The van der Waals surface area contributed by atoms with Crippen LogP contribution in [0.5, 0.6) is 5.75 Å². The SMILES string of the molecule is OCCCCCCCCOc1ccc(Br)cc1. The van der Waals surface area contributed by atoms with E-state index in [-0.39, 0.29) is 0 Å². The third kappa shape index (κ3) is 7.40. The lowest BCUT2D eigenvalue weighted by molar-refractivity contribution is 0.280. The molecule has 1 rings (SSSR count). The minimum Gasteiger partial charge on any atom is -0.494 e. The molecule has 17 heavy (non-hydrogen) atoms. The highest BCUT2D eigenvalue weighted by Crippen LogP contribution is 2.16. The maximum absolute atomic E-state index is 8.63. The lowest BCUT2D eigenvalue weighted by Gasteiger charge is -2.06. The van der Waals surface area contributed by atoms with Crippen LogP contribution >= 0.6 is 15.9 Å². The number of hydrogen-bond donors (Lipinski definition) is 1. The topological polar surface area (TPSA) is 29.5 Å². The number of rotatable bonds is 9. The van der Waals surface area contributed by atoms with Crippen LogP contribution < -0.4 is 4.74 Å². The fourth-order valence-corrected chi connectivity index (χ4v) is 1.91. The second kappa shape index (κ2) is 9.49. The van der Waals surface area contributed by atoms with Crippen molar-refractivity contribution in [2.24, 2.45) is 0 Å². The van der Waals surface area contributed by atoms with Crippen LogP contribution in [0.25, 0.3) is 0 Å². The Bertz CT molecular complexity index is 285. The second-order valence-electron chi connectivity index (χ2n) is 4.15. The first-order valence-electron chi connectivity index (χ1n) is 6.32. The van der Waals surface area contributed by atoms with Gasteiger partial charge in [0, 0.05) is 11.1 Å². The van der Waals surface area contributed by atoms with Gasteiger partial charge in [-0.25, -0.2) is 0 Å².